The molecule has 2 nitrogen and oxygen atoms in total. The third-order valence-electron chi connectivity index (χ3n) is 2.44. The van der Waals surface area contributed by atoms with Gasteiger partial charge in [0.2, 0.25) is 0 Å². The van der Waals surface area contributed by atoms with Crippen molar-refractivity contribution in [2.24, 2.45) is 0 Å². The summed E-state index contributed by atoms with van der Waals surface area (Å²) in [5, 5.41) is 0. The molecule has 0 bridgehead atoms. The molecule has 0 aromatic heterocycles. The summed E-state index contributed by atoms with van der Waals surface area (Å²) in [5.41, 5.74) is 0. The monoisotopic (exact) mass is 200 g/mol. The minimum atomic E-state index is -0.217. The molecular formula is C12H24O2. The number of carbonyl (C=O) groups excluding carboxylic acids is 1. The van der Waals surface area contributed by atoms with E-state index in [0.29, 0.717) is 0 Å². The van der Waals surface area contributed by atoms with E-state index in [1.807, 2.05) is 6.92 Å². The van der Waals surface area contributed by atoms with Gasteiger partial charge in [-0.1, -0.05) is 39.0 Å². The van der Waals surface area contributed by atoms with Crippen LogP contribution < -0.4 is 0 Å². The van der Waals surface area contributed by atoms with Crippen LogP contribution in [-0.2, 0) is 9.53 Å². The molecule has 84 valence electrons. The molecular weight excluding hydrogens is 176 g/mol. The second kappa shape index (κ2) is 9.20. The number of rotatable bonds is 9. The maximum atomic E-state index is 10.8. The van der Waals surface area contributed by atoms with Gasteiger partial charge in [0, 0.05) is 6.61 Å². The van der Waals surface area contributed by atoms with Crippen LogP contribution in [0.4, 0.5) is 0 Å². The Morgan fingerprint density at radius 2 is 1.71 bits per heavy atom. The summed E-state index contributed by atoms with van der Waals surface area (Å²) in [4.78, 5) is 10.8. The lowest BCUT2D eigenvalue weighted by Gasteiger charge is -2.08. The SMILES string of the molecule is CCCCCCCCOC(C)C(C)=O. The first-order valence-electron chi connectivity index (χ1n) is 5.80. The van der Waals surface area contributed by atoms with Gasteiger partial charge in [-0.25, -0.2) is 0 Å². The van der Waals surface area contributed by atoms with Crippen molar-refractivity contribution in [2.45, 2.75) is 65.4 Å². The minimum Gasteiger partial charge on any atom is -0.371 e. The molecule has 0 aromatic rings. The Bertz CT molecular complexity index is 143. The van der Waals surface area contributed by atoms with Gasteiger partial charge in [0.15, 0.2) is 5.78 Å². The smallest absolute Gasteiger partial charge is 0.158 e. The molecule has 0 spiro atoms. The lowest BCUT2D eigenvalue weighted by molar-refractivity contribution is -0.127. The van der Waals surface area contributed by atoms with Gasteiger partial charge in [0.1, 0.15) is 6.10 Å². The zero-order chi connectivity index (χ0) is 10.8. The van der Waals surface area contributed by atoms with Crippen molar-refractivity contribution in [1.29, 1.82) is 0 Å². The van der Waals surface area contributed by atoms with Crippen LogP contribution in [0.1, 0.15) is 59.3 Å². The summed E-state index contributed by atoms with van der Waals surface area (Å²) < 4.78 is 5.36. The van der Waals surface area contributed by atoms with Crippen LogP contribution in [0.5, 0.6) is 0 Å². The van der Waals surface area contributed by atoms with E-state index in [0.717, 1.165) is 13.0 Å². The van der Waals surface area contributed by atoms with Crippen LogP contribution in [-0.4, -0.2) is 18.5 Å². The zero-order valence-electron chi connectivity index (χ0n) is 9.84. The van der Waals surface area contributed by atoms with Crippen LogP contribution in [0, 0.1) is 0 Å². The van der Waals surface area contributed by atoms with Crippen molar-refractivity contribution >= 4 is 5.78 Å². The molecule has 0 fully saturated rings. The average molecular weight is 200 g/mol. The summed E-state index contributed by atoms with van der Waals surface area (Å²) in [6.07, 6.45) is 7.35. The quantitative estimate of drug-likeness (QED) is 0.534. The summed E-state index contributed by atoms with van der Waals surface area (Å²) in [7, 11) is 0. The van der Waals surface area contributed by atoms with Gasteiger partial charge in [-0.15, -0.1) is 0 Å². The highest BCUT2D eigenvalue weighted by atomic mass is 16.5. The molecule has 1 atom stereocenters. The molecule has 0 heterocycles. The van der Waals surface area contributed by atoms with Crippen LogP contribution in [0.15, 0.2) is 0 Å². The number of hydrogen-bond acceptors (Lipinski definition) is 2. The fraction of sp³-hybridized carbons (Fsp3) is 0.917. The van der Waals surface area contributed by atoms with Gasteiger partial charge in [-0.05, 0) is 20.3 Å². The summed E-state index contributed by atoms with van der Waals surface area (Å²) in [5.74, 6) is 0.121. The van der Waals surface area contributed by atoms with Crippen LogP contribution >= 0.6 is 0 Å². The Balaban J connectivity index is 3.09. The van der Waals surface area contributed by atoms with E-state index >= 15 is 0 Å². The highest BCUT2D eigenvalue weighted by Crippen LogP contribution is 2.05. The zero-order valence-corrected chi connectivity index (χ0v) is 9.84. The standard InChI is InChI=1S/C12H24O2/c1-4-5-6-7-8-9-10-14-12(3)11(2)13/h12H,4-10H2,1-3H3. The Morgan fingerprint density at radius 1 is 1.14 bits per heavy atom. The second-order valence-electron chi connectivity index (χ2n) is 3.89. The predicted octanol–water partition coefficient (Wildman–Crippen LogP) is 3.34. The molecule has 0 aliphatic heterocycles. The summed E-state index contributed by atoms with van der Waals surface area (Å²) >= 11 is 0. The van der Waals surface area contributed by atoms with E-state index in [1.54, 1.807) is 6.92 Å². The van der Waals surface area contributed by atoms with E-state index in [4.69, 9.17) is 4.74 Å². The van der Waals surface area contributed by atoms with E-state index in [-0.39, 0.29) is 11.9 Å². The third-order valence-corrected chi connectivity index (χ3v) is 2.44. The summed E-state index contributed by atoms with van der Waals surface area (Å²) in [6, 6.07) is 0. The first-order chi connectivity index (χ1) is 6.68. The average Bonchev–Trinajstić information content (AvgIpc) is 2.16. The Kier molecular flexibility index (Phi) is 8.95. The highest BCUT2D eigenvalue weighted by Gasteiger charge is 2.05. The third kappa shape index (κ3) is 8.24. The van der Waals surface area contributed by atoms with E-state index in [9.17, 15) is 4.79 Å². The van der Waals surface area contributed by atoms with Crippen molar-refractivity contribution in [1.82, 2.24) is 0 Å². The van der Waals surface area contributed by atoms with Crippen LogP contribution in [0.3, 0.4) is 0 Å². The maximum absolute atomic E-state index is 10.8. The largest absolute Gasteiger partial charge is 0.371 e. The molecule has 0 N–H and O–H groups in total. The van der Waals surface area contributed by atoms with Crippen LogP contribution in [0.2, 0.25) is 0 Å². The van der Waals surface area contributed by atoms with Crippen molar-refractivity contribution in [2.75, 3.05) is 6.61 Å². The molecule has 0 saturated carbocycles. The van der Waals surface area contributed by atoms with Gasteiger partial charge >= 0.3 is 0 Å². The number of ether oxygens (including phenoxy) is 1. The predicted molar refractivity (Wildman–Crippen MR) is 59.5 cm³/mol. The topological polar surface area (TPSA) is 26.3 Å². The second-order valence-corrected chi connectivity index (χ2v) is 3.89. The highest BCUT2D eigenvalue weighted by molar-refractivity contribution is 5.79. The van der Waals surface area contributed by atoms with Gasteiger partial charge in [-0.2, -0.15) is 0 Å². The van der Waals surface area contributed by atoms with Crippen molar-refractivity contribution in [3.05, 3.63) is 0 Å². The van der Waals surface area contributed by atoms with E-state index < -0.39 is 0 Å². The maximum Gasteiger partial charge on any atom is 0.158 e. The van der Waals surface area contributed by atoms with Gasteiger partial charge in [0.25, 0.3) is 0 Å². The minimum absolute atomic E-state index is 0.121. The van der Waals surface area contributed by atoms with Crippen molar-refractivity contribution in [3.63, 3.8) is 0 Å². The van der Waals surface area contributed by atoms with E-state index in [2.05, 4.69) is 6.92 Å². The molecule has 0 aliphatic rings. The molecule has 0 aromatic carbocycles. The molecule has 0 radical (unpaired) electrons. The number of Topliss-reactive ketones (excluding diaryl/α,β-unsaturated/α-hetero) is 1. The normalized spacial score (nSPS) is 12.8. The van der Waals surface area contributed by atoms with Gasteiger partial charge < -0.3 is 4.74 Å². The molecule has 1 unspecified atom stereocenters. The van der Waals surface area contributed by atoms with Crippen molar-refractivity contribution < 1.29 is 9.53 Å². The molecule has 0 saturated heterocycles. The lowest BCUT2D eigenvalue weighted by atomic mass is 10.1. The molecule has 14 heavy (non-hydrogen) atoms. The summed E-state index contributed by atoms with van der Waals surface area (Å²) in [6.45, 7) is 6.34. The van der Waals surface area contributed by atoms with Gasteiger partial charge in [0.05, 0.1) is 0 Å². The molecule has 0 amide bonds. The number of hydrogen-bond donors (Lipinski definition) is 0. The lowest BCUT2D eigenvalue weighted by Crippen LogP contribution is -2.17. The Labute approximate surface area is 88.0 Å². The first-order valence-corrected chi connectivity index (χ1v) is 5.80. The first kappa shape index (κ1) is 13.6. The Morgan fingerprint density at radius 3 is 2.29 bits per heavy atom. The number of ketones is 1. The van der Waals surface area contributed by atoms with Crippen LogP contribution in [0.25, 0.3) is 0 Å². The van der Waals surface area contributed by atoms with E-state index in [1.165, 1.54) is 32.1 Å². The number of unbranched alkanes of at least 4 members (excludes halogenated alkanes) is 5. The fourth-order valence-electron chi connectivity index (χ4n) is 1.26. The fourth-order valence-corrected chi connectivity index (χ4v) is 1.26. The molecule has 0 rings (SSSR count). The number of carbonyl (C=O) groups is 1. The van der Waals surface area contributed by atoms with Crippen molar-refractivity contribution in [3.8, 4) is 0 Å². The molecule has 2 heteroatoms. The molecule has 0 aliphatic carbocycles. The van der Waals surface area contributed by atoms with Gasteiger partial charge in [-0.3, -0.25) is 4.79 Å². The Hall–Kier alpha value is -0.370.